The second kappa shape index (κ2) is 8.42. The molecule has 0 aromatic heterocycles. The Kier molecular flexibility index (Phi) is 5.74. The second-order valence-corrected chi connectivity index (χ2v) is 7.78. The first kappa shape index (κ1) is 19.1. The van der Waals surface area contributed by atoms with Gasteiger partial charge in [-0.05, 0) is 38.1 Å². The summed E-state index contributed by atoms with van der Waals surface area (Å²) in [6, 6.07) is 5.21. The van der Waals surface area contributed by atoms with Crippen LogP contribution in [-0.4, -0.2) is 84.5 Å². The van der Waals surface area contributed by atoms with Crippen LogP contribution in [0.15, 0.2) is 23.3 Å². The van der Waals surface area contributed by atoms with Crippen molar-refractivity contribution in [2.75, 3.05) is 69.3 Å². The van der Waals surface area contributed by atoms with Crippen LogP contribution in [0.4, 0.5) is 17.1 Å². The average molecular weight is 388 g/mol. The van der Waals surface area contributed by atoms with Crippen molar-refractivity contribution < 1.29 is 10.0 Å². The lowest BCUT2D eigenvalue weighted by Crippen LogP contribution is -2.48. The summed E-state index contributed by atoms with van der Waals surface area (Å²) in [6.45, 7) is 7.40. The highest BCUT2D eigenvalue weighted by Gasteiger charge is 2.31. The van der Waals surface area contributed by atoms with E-state index in [1.165, 1.54) is 0 Å². The van der Waals surface area contributed by atoms with Crippen molar-refractivity contribution in [2.45, 2.75) is 12.8 Å². The number of piperazine rings is 1. The first-order chi connectivity index (χ1) is 13.6. The molecule has 0 radical (unpaired) electrons. The first-order valence-corrected chi connectivity index (χ1v) is 10.1. The number of nitro benzene ring substituents is 1. The molecule has 0 spiro atoms. The number of nitro groups is 1. The highest BCUT2D eigenvalue weighted by Crippen LogP contribution is 2.31. The fraction of sp³-hybridized carbons (Fsp3) is 0.632. The Bertz CT molecular complexity index is 739. The predicted molar refractivity (Wildman–Crippen MR) is 109 cm³/mol. The van der Waals surface area contributed by atoms with Crippen LogP contribution in [-0.2, 0) is 0 Å². The smallest absolute Gasteiger partial charge is 0.294 e. The molecule has 0 unspecified atom stereocenters. The summed E-state index contributed by atoms with van der Waals surface area (Å²) in [5.41, 5.74) is 5.58. The number of anilines is 2. The number of benzene rings is 1. The summed E-state index contributed by atoms with van der Waals surface area (Å²) in [6.07, 6.45) is 2.25. The number of nitrogens with zero attached hydrogens (tertiary/aromatic N) is 5. The largest absolute Gasteiger partial charge is 0.395 e. The average Bonchev–Trinajstić information content (AvgIpc) is 2.73. The van der Waals surface area contributed by atoms with Crippen molar-refractivity contribution in [3.8, 4) is 0 Å². The lowest BCUT2D eigenvalue weighted by Gasteiger charge is -2.39. The van der Waals surface area contributed by atoms with Crippen LogP contribution in [0.2, 0.25) is 0 Å². The topological polar surface area (TPSA) is 97.5 Å². The first-order valence-electron chi connectivity index (χ1n) is 10.1. The Balaban J connectivity index is 1.49. The molecule has 4 saturated heterocycles. The fourth-order valence-corrected chi connectivity index (χ4v) is 4.38. The molecule has 4 aliphatic rings. The maximum Gasteiger partial charge on any atom is 0.294 e. The Morgan fingerprint density at radius 2 is 1.93 bits per heavy atom. The summed E-state index contributed by atoms with van der Waals surface area (Å²) >= 11 is 0. The van der Waals surface area contributed by atoms with Gasteiger partial charge in [0.1, 0.15) is 5.69 Å². The van der Waals surface area contributed by atoms with Crippen LogP contribution in [0.3, 0.4) is 0 Å². The van der Waals surface area contributed by atoms with E-state index in [0.29, 0.717) is 18.2 Å². The maximum absolute atomic E-state index is 11.5. The fourth-order valence-electron chi connectivity index (χ4n) is 4.38. The number of rotatable bonds is 6. The summed E-state index contributed by atoms with van der Waals surface area (Å²) in [5.74, 6) is 0.499. The van der Waals surface area contributed by atoms with Gasteiger partial charge in [0.25, 0.3) is 5.69 Å². The standard InChI is InChI=1S/C19H28N6O3/c26-12-11-22-7-9-24(10-8-22)16-1-2-19(25(27)28)17(13-16)20-21-18-14-23-5-3-15(18)4-6-23/h1-2,13,15,20,26H,3-12,14H2. The zero-order valence-corrected chi connectivity index (χ0v) is 16.1. The van der Waals surface area contributed by atoms with Crippen LogP contribution in [0.5, 0.6) is 0 Å². The van der Waals surface area contributed by atoms with Crippen molar-refractivity contribution in [1.82, 2.24) is 9.80 Å². The molecule has 1 aromatic rings. The minimum Gasteiger partial charge on any atom is -0.395 e. The normalized spacial score (nSPS) is 26.6. The number of hydrazone groups is 1. The number of nitrogens with one attached hydrogen (secondary N) is 1. The van der Waals surface area contributed by atoms with Crippen molar-refractivity contribution in [3.63, 3.8) is 0 Å². The van der Waals surface area contributed by atoms with Gasteiger partial charge >= 0.3 is 0 Å². The minimum atomic E-state index is -0.359. The number of hydrogen-bond acceptors (Lipinski definition) is 8. The van der Waals surface area contributed by atoms with Crippen LogP contribution in [0.25, 0.3) is 0 Å². The van der Waals surface area contributed by atoms with Gasteiger partial charge in [0, 0.05) is 56.9 Å². The van der Waals surface area contributed by atoms with Gasteiger partial charge in [-0.3, -0.25) is 25.3 Å². The number of piperidine rings is 3. The molecule has 4 heterocycles. The van der Waals surface area contributed by atoms with Crippen LogP contribution in [0.1, 0.15) is 12.8 Å². The number of hydrogen-bond donors (Lipinski definition) is 2. The van der Waals surface area contributed by atoms with Gasteiger partial charge in [0.2, 0.25) is 0 Å². The lowest BCUT2D eigenvalue weighted by molar-refractivity contribution is -0.383. The molecule has 152 valence electrons. The van der Waals surface area contributed by atoms with E-state index in [0.717, 1.165) is 70.1 Å². The molecule has 0 saturated carbocycles. The number of aliphatic hydroxyl groups excluding tert-OH is 1. The Morgan fingerprint density at radius 1 is 1.18 bits per heavy atom. The van der Waals surface area contributed by atoms with E-state index in [1.807, 2.05) is 12.1 Å². The van der Waals surface area contributed by atoms with E-state index in [9.17, 15) is 10.1 Å². The SMILES string of the molecule is O=[N+]([O-])c1ccc(N2CCN(CCO)CC2)cc1NN=C1CN2CCC1CC2. The Labute approximate surface area is 164 Å². The molecule has 0 amide bonds. The molecule has 2 N–H and O–H groups in total. The lowest BCUT2D eigenvalue weighted by atomic mass is 9.87. The third-order valence-corrected chi connectivity index (χ3v) is 6.09. The maximum atomic E-state index is 11.5. The molecule has 9 nitrogen and oxygen atoms in total. The number of aliphatic hydroxyl groups is 1. The molecule has 2 bridgehead atoms. The van der Waals surface area contributed by atoms with Gasteiger partial charge in [0.15, 0.2) is 0 Å². The molecule has 28 heavy (non-hydrogen) atoms. The van der Waals surface area contributed by atoms with E-state index in [-0.39, 0.29) is 17.2 Å². The van der Waals surface area contributed by atoms with E-state index >= 15 is 0 Å². The molecule has 5 rings (SSSR count). The Morgan fingerprint density at radius 3 is 2.54 bits per heavy atom. The molecular formula is C19H28N6O3. The molecular weight excluding hydrogens is 360 g/mol. The predicted octanol–water partition coefficient (Wildman–Crippen LogP) is 1.20. The van der Waals surface area contributed by atoms with Gasteiger partial charge in [-0.15, -0.1) is 0 Å². The quantitative estimate of drug-likeness (QED) is 0.558. The summed E-state index contributed by atoms with van der Waals surface area (Å²) in [7, 11) is 0. The van der Waals surface area contributed by atoms with Crippen molar-refractivity contribution in [2.24, 2.45) is 11.0 Å². The zero-order valence-electron chi connectivity index (χ0n) is 16.1. The molecule has 9 heteroatoms. The highest BCUT2D eigenvalue weighted by atomic mass is 16.6. The molecule has 0 aliphatic carbocycles. The van der Waals surface area contributed by atoms with Gasteiger partial charge in [-0.2, -0.15) is 5.10 Å². The summed E-state index contributed by atoms with van der Waals surface area (Å²) in [5, 5.41) is 25.1. The van der Waals surface area contributed by atoms with Gasteiger partial charge in [-0.25, -0.2) is 0 Å². The zero-order chi connectivity index (χ0) is 19.5. The summed E-state index contributed by atoms with van der Waals surface area (Å²) < 4.78 is 0. The van der Waals surface area contributed by atoms with Crippen LogP contribution >= 0.6 is 0 Å². The van der Waals surface area contributed by atoms with E-state index in [1.54, 1.807) is 6.07 Å². The Hall–Kier alpha value is -2.23. The molecule has 4 aliphatic heterocycles. The summed E-state index contributed by atoms with van der Waals surface area (Å²) in [4.78, 5) is 17.9. The second-order valence-electron chi connectivity index (χ2n) is 7.78. The number of β-amino-alcohol motifs (C(OH)–C–C–N with tert-alkyl or cyclic N) is 1. The monoisotopic (exact) mass is 388 g/mol. The van der Waals surface area contributed by atoms with Crippen LogP contribution < -0.4 is 10.3 Å². The van der Waals surface area contributed by atoms with Gasteiger partial charge in [0.05, 0.1) is 17.2 Å². The van der Waals surface area contributed by atoms with Gasteiger partial charge < -0.3 is 10.0 Å². The highest BCUT2D eigenvalue weighted by molar-refractivity contribution is 5.90. The molecule has 0 atom stereocenters. The van der Waals surface area contributed by atoms with Gasteiger partial charge in [-0.1, -0.05) is 0 Å². The van der Waals surface area contributed by atoms with Crippen molar-refractivity contribution in [3.05, 3.63) is 28.3 Å². The third-order valence-electron chi connectivity index (χ3n) is 6.09. The number of fused-ring (bicyclic) bond motifs is 3. The van der Waals surface area contributed by atoms with E-state index in [4.69, 9.17) is 5.11 Å². The molecule has 4 fully saturated rings. The minimum absolute atomic E-state index is 0.0493. The van der Waals surface area contributed by atoms with Crippen molar-refractivity contribution >= 4 is 22.8 Å². The van der Waals surface area contributed by atoms with E-state index < -0.39 is 0 Å². The van der Waals surface area contributed by atoms with Crippen molar-refractivity contribution in [1.29, 1.82) is 0 Å². The van der Waals surface area contributed by atoms with Crippen LogP contribution in [0, 0.1) is 16.0 Å². The van der Waals surface area contributed by atoms with E-state index in [2.05, 4.69) is 25.2 Å². The molecule has 1 aromatic carbocycles. The third kappa shape index (κ3) is 4.11.